The summed E-state index contributed by atoms with van der Waals surface area (Å²) in [6, 6.07) is 8.24. The van der Waals surface area contributed by atoms with E-state index in [1.165, 1.54) is 18.5 Å². The molecule has 0 saturated heterocycles. The van der Waals surface area contributed by atoms with Crippen LogP contribution in [0.5, 0.6) is 0 Å². The van der Waals surface area contributed by atoms with Gasteiger partial charge in [0.05, 0.1) is 5.69 Å². The van der Waals surface area contributed by atoms with Crippen molar-refractivity contribution in [2.75, 3.05) is 16.8 Å². The second-order valence-electron chi connectivity index (χ2n) is 4.29. The second kappa shape index (κ2) is 6.53. The van der Waals surface area contributed by atoms with Crippen molar-refractivity contribution < 1.29 is 13.5 Å². The van der Waals surface area contributed by atoms with Crippen LogP contribution in [0.25, 0.3) is 0 Å². The molecule has 0 bridgehead atoms. The predicted molar refractivity (Wildman–Crippen MR) is 80.1 cm³/mol. The van der Waals surface area contributed by atoms with Gasteiger partial charge in [-0.1, -0.05) is 12.1 Å². The van der Waals surface area contributed by atoms with Crippen molar-refractivity contribution in [3.05, 3.63) is 48.3 Å². The summed E-state index contributed by atoms with van der Waals surface area (Å²) in [5.41, 5.74) is 3.93. The van der Waals surface area contributed by atoms with E-state index in [4.69, 9.17) is 10.9 Å². The third-order valence-corrected chi connectivity index (χ3v) is 4.24. The molecule has 1 aromatic carbocycles. The fourth-order valence-corrected chi connectivity index (χ4v) is 2.96. The molecular weight excluding hydrogens is 292 g/mol. The van der Waals surface area contributed by atoms with Crippen LogP contribution in [0.15, 0.2) is 47.6 Å². The number of nitrogen functional groups attached to an aromatic ring is 1. The Labute approximate surface area is 122 Å². The van der Waals surface area contributed by atoms with Crippen LogP contribution in [0.4, 0.5) is 11.4 Å². The van der Waals surface area contributed by atoms with E-state index in [0.717, 1.165) is 5.56 Å². The van der Waals surface area contributed by atoms with Crippen LogP contribution in [-0.2, 0) is 16.4 Å². The average Bonchev–Trinajstić information content (AvgIpc) is 2.49. The van der Waals surface area contributed by atoms with Crippen molar-refractivity contribution >= 4 is 21.4 Å². The van der Waals surface area contributed by atoms with E-state index in [-0.39, 0.29) is 17.2 Å². The molecule has 2 aromatic rings. The molecule has 0 amide bonds. The number of hydrogen-bond donors (Lipinski definition) is 4. The molecule has 0 aliphatic rings. The third-order valence-electron chi connectivity index (χ3n) is 2.84. The monoisotopic (exact) mass is 308 g/mol. The van der Waals surface area contributed by atoms with Crippen LogP contribution in [0.2, 0.25) is 0 Å². The van der Waals surface area contributed by atoms with Gasteiger partial charge in [-0.05, 0) is 30.2 Å². The lowest BCUT2D eigenvalue weighted by molar-refractivity contribution is 0.299. The van der Waals surface area contributed by atoms with Crippen molar-refractivity contribution in [2.45, 2.75) is 11.3 Å². The highest BCUT2D eigenvalue weighted by Crippen LogP contribution is 2.22. The summed E-state index contributed by atoms with van der Waals surface area (Å²) in [5.74, 6) is 5.30. The van der Waals surface area contributed by atoms with E-state index in [2.05, 4.69) is 15.1 Å². The molecule has 8 heteroatoms. The summed E-state index contributed by atoms with van der Waals surface area (Å²) in [7, 11) is -3.79. The summed E-state index contributed by atoms with van der Waals surface area (Å²) >= 11 is 0. The van der Waals surface area contributed by atoms with Gasteiger partial charge < -0.3 is 10.5 Å². The minimum absolute atomic E-state index is 0.0352. The van der Waals surface area contributed by atoms with E-state index in [1.807, 2.05) is 0 Å². The highest BCUT2D eigenvalue weighted by atomic mass is 32.2. The van der Waals surface area contributed by atoms with E-state index in [0.29, 0.717) is 12.1 Å². The number of anilines is 2. The van der Waals surface area contributed by atoms with Crippen LogP contribution >= 0.6 is 0 Å². The topological polar surface area (TPSA) is 117 Å². The second-order valence-corrected chi connectivity index (χ2v) is 5.94. The number of benzene rings is 1. The molecule has 1 heterocycles. The van der Waals surface area contributed by atoms with E-state index >= 15 is 0 Å². The Balaban J connectivity index is 2.24. The number of nitrogens with two attached hydrogens (primary N) is 1. The Hall–Kier alpha value is -2.16. The van der Waals surface area contributed by atoms with Crippen molar-refractivity contribution in [1.29, 1.82) is 0 Å². The van der Waals surface area contributed by atoms with Gasteiger partial charge in [-0.3, -0.25) is 15.5 Å². The van der Waals surface area contributed by atoms with Gasteiger partial charge in [0.2, 0.25) is 0 Å². The smallest absolute Gasteiger partial charge is 0.265 e. The summed E-state index contributed by atoms with van der Waals surface area (Å²) in [5, 5.41) is 8.84. The van der Waals surface area contributed by atoms with Crippen molar-refractivity contribution in [3.63, 3.8) is 0 Å². The number of nitrogens with zero attached hydrogens (tertiary/aromatic N) is 1. The molecule has 21 heavy (non-hydrogen) atoms. The number of sulfonamides is 1. The van der Waals surface area contributed by atoms with Crippen LogP contribution < -0.4 is 16.0 Å². The number of hydrazine groups is 1. The zero-order valence-corrected chi connectivity index (χ0v) is 12.0. The molecule has 0 atom stereocenters. The van der Waals surface area contributed by atoms with Crippen LogP contribution in [0, 0.1) is 0 Å². The van der Waals surface area contributed by atoms with E-state index in [1.54, 1.807) is 24.3 Å². The van der Waals surface area contributed by atoms with Crippen LogP contribution in [0.1, 0.15) is 5.56 Å². The number of aromatic nitrogens is 1. The number of aliphatic hydroxyl groups excluding tert-OH is 1. The lowest BCUT2D eigenvalue weighted by Crippen LogP contribution is -2.17. The minimum Gasteiger partial charge on any atom is -0.396 e. The molecule has 5 N–H and O–H groups in total. The van der Waals surface area contributed by atoms with E-state index < -0.39 is 10.0 Å². The van der Waals surface area contributed by atoms with E-state index in [9.17, 15) is 8.42 Å². The molecular formula is C13H16N4O3S. The molecule has 112 valence electrons. The summed E-state index contributed by atoms with van der Waals surface area (Å²) < 4.78 is 27.1. The van der Waals surface area contributed by atoms with Gasteiger partial charge in [0.1, 0.15) is 4.90 Å². The summed E-state index contributed by atoms with van der Waals surface area (Å²) in [4.78, 5) is 3.76. The Kier molecular flexibility index (Phi) is 4.73. The van der Waals surface area contributed by atoms with Gasteiger partial charge in [-0.2, -0.15) is 0 Å². The predicted octanol–water partition coefficient (Wildman–Crippen LogP) is 0.703. The first-order valence-corrected chi connectivity index (χ1v) is 7.68. The first-order chi connectivity index (χ1) is 10.1. The number of rotatable bonds is 6. The normalized spacial score (nSPS) is 11.1. The molecule has 0 radical (unpaired) electrons. The maximum atomic E-state index is 12.3. The Morgan fingerprint density at radius 2 is 1.90 bits per heavy atom. The van der Waals surface area contributed by atoms with Crippen molar-refractivity contribution in [3.8, 4) is 0 Å². The Morgan fingerprint density at radius 3 is 2.52 bits per heavy atom. The Bertz CT molecular complexity index is 702. The molecule has 2 rings (SSSR count). The third kappa shape index (κ3) is 3.69. The SMILES string of the molecule is NNc1ccncc1S(=O)(=O)Nc1ccc(CCO)cc1. The number of aliphatic hydroxyl groups is 1. The standard InChI is InChI=1S/C13H16N4O3S/c14-16-12-5-7-15-9-13(12)21(19,20)17-11-3-1-10(2-4-11)6-8-18/h1-5,7,9,17-18H,6,8,14H2,(H,15,16). The highest BCUT2D eigenvalue weighted by Gasteiger charge is 2.18. The molecule has 0 aliphatic carbocycles. The molecule has 0 spiro atoms. The zero-order valence-electron chi connectivity index (χ0n) is 11.2. The number of pyridine rings is 1. The first kappa shape index (κ1) is 15.2. The zero-order chi connectivity index (χ0) is 15.3. The summed E-state index contributed by atoms with van der Waals surface area (Å²) in [6.07, 6.45) is 3.19. The largest absolute Gasteiger partial charge is 0.396 e. The van der Waals surface area contributed by atoms with Gasteiger partial charge in [-0.25, -0.2) is 8.42 Å². The van der Waals surface area contributed by atoms with Gasteiger partial charge in [-0.15, -0.1) is 0 Å². The van der Waals surface area contributed by atoms with Gasteiger partial charge >= 0.3 is 0 Å². The molecule has 1 aromatic heterocycles. The first-order valence-electron chi connectivity index (χ1n) is 6.20. The fourth-order valence-electron chi connectivity index (χ4n) is 1.79. The van der Waals surface area contributed by atoms with Gasteiger partial charge in [0.25, 0.3) is 10.0 Å². The maximum absolute atomic E-state index is 12.3. The lowest BCUT2D eigenvalue weighted by Gasteiger charge is -2.11. The fraction of sp³-hybridized carbons (Fsp3) is 0.154. The van der Waals surface area contributed by atoms with Crippen molar-refractivity contribution in [1.82, 2.24) is 4.98 Å². The molecule has 0 fully saturated rings. The van der Waals surface area contributed by atoms with Crippen LogP contribution in [-0.4, -0.2) is 25.1 Å². The molecule has 0 aliphatic heterocycles. The summed E-state index contributed by atoms with van der Waals surface area (Å²) in [6.45, 7) is 0.0479. The number of nitrogens with one attached hydrogen (secondary N) is 2. The van der Waals surface area contributed by atoms with Gasteiger partial charge in [0.15, 0.2) is 0 Å². The quantitative estimate of drug-likeness (QED) is 0.461. The molecule has 0 unspecified atom stereocenters. The van der Waals surface area contributed by atoms with Gasteiger partial charge in [0, 0.05) is 24.7 Å². The van der Waals surface area contributed by atoms with Crippen LogP contribution in [0.3, 0.4) is 0 Å². The highest BCUT2D eigenvalue weighted by molar-refractivity contribution is 7.92. The van der Waals surface area contributed by atoms with Crippen molar-refractivity contribution in [2.24, 2.45) is 5.84 Å². The minimum atomic E-state index is -3.79. The molecule has 0 saturated carbocycles. The Morgan fingerprint density at radius 1 is 1.19 bits per heavy atom. The maximum Gasteiger partial charge on any atom is 0.265 e. The lowest BCUT2D eigenvalue weighted by atomic mass is 10.1. The number of hydrogen-bond acceptors (Lipinski definition) is 6. The molecule has 7 nitrogen and oxygen atoms in total. The average molecular weight is 308 g/mol.